The summed E-state index contributed by atoms with van der Waals surface area (Å²) in [5.74, 6) is -0.163. The van der Waals surface area contributed by atoms with E-state index in [9.17, 15) is 4.79 Å². The predicted molar refractivity (Wildman–Crippen MR) is 119 cm³/mol. The van der Waals surface area contributed by atoms with E-state index in [1.807, 2.05) is 19.1 Å². The second kappa shape index (κ2) is 9.50. The van der Waals surface area contributed by atoms with Crippen molar-refractivity contribution >= 4 is 46.2 Å². The lowest BCUT2D eigenvalue weighted by Crippen LogP contribution is -2.46. The molecule has 2 aromatic rings. The Balaban J connectivity index is 1.55. The molecule has 0 saturated carbocycles. The molecule has 1 fully saturated rings. The van der Waals surface area contributed by atoms with E-state index in [-0.39, 0.29) is 5.91 Å². The highest BCUT2D eigenvalue weighted by atomic mass is 35.5. The van der Waals surface area contributed by atoms with E-state index in [2.05, 4.69) is 39.5 Å². The lowest BCUT2D eigenvalue weighted by Gasteiger charge is -2.35. The third-order valence-electron chi connectivity index (χ3n) is 5.02. The number of nitrogens with one attached hydrogen (secondary N) is 2. The highest BCUT2D eigenvalue weighted by Gasteiger charge is 2.17. The monoisotopic (exact) mass is 420 g/mol. The molecule has 5 nitrogen and oxygen atoms in total. The lowest BCUT2D eigenvalue weighted by atomic mass is 10.2. The van der Waals surface area contributed by atoms with Crippen molar-refractivity contribution in [2.45, 2.75) is 19.9 Å². The van der Waals surface area contributed by atoms with Crippen LogP contribution in [0.4, 0.5) is 17.1 Å². The smallest absolute Gasteiger partial charge is 0.246 e. The van der Waals surface area contributed by atoms with Gasteiger partial charge in [0.25, 0.3) is 0 Å². The molecule has 2 aromatic carbocycles. The second-order valence-corrected chi connectivity index (χ2v) is 7.79. The molecule has 0 bridgehead atoms. The molecule has 1 saturated heterocycles. The number of amides is 1. The van der Waals surface area contributed by atoms with Gasteiger partial charge in [0.05, 0.1) is 10.7 Å². The largest absolute Gasteiger partial charge is 0.374 e. The van der Waals surface area contributed by atoms with E-state index in [1.165, 1.54) is 5.69 Å². The van der Waals surface area contributed by atoms with Crippen molar-refractivity contribution in [1.82, 2.24) is 4.90 Å². The summed E-state index contributed by atoms with van der Waals surface area (Å²) in [4.78, 5) is 17.3. The Morgan fingerprint density at radius 2 is 1.75 bits per heavy atom. The van der Waals surface area contributed by atoms with Crippen LogP contribution in [0.1, 0.15) is 13.8 Å². The number of carbonyl (C=O) groups excluding carboxylic acids is 1. The number of likely N-dealkylation sites (N-methyl/N-ethyl adjacent to an activating group) is 1. The minimum Gasteiger partial charge on any atom is -0.374 e. The maximum Gasteiger partial charge on any atom is 0.246 e. The van der Waals surface area contributed by atoms with Crippen molar-refractivity contribution in [3.05, 3.63) is 52.5 Å². The molecule has 1 aliphatic rings. The number of anilines is 3. The molecule has 0 aromatic heterocycles. The minimum atomic E-state index is -0.411. The predicted octanol–water partition coefficient (Wildman–Crippen LogP) is 4.57. The zero-order chi connectivity index (χ0) is 20.1. The number of hydrogen-bond donors (Lipinski definition) is 2. The molecule has 0 aliphatic carbocycles. The lowest BCUT2D eigenvalue weighted by molar-refractivity contribution is -0.116. The normalized spacial score (nSPS) is 15.9. The van der Waals surface area contributed by atoms with E-state index in [0.29, 0.717) is 15.7 Å². The molecule has 0 radical (unpaired) electrons. The van der Waals surface area contributed by atoms with Crippen LogP contribution in [0.25, 0.3) is 0 Å². The number of piperazine rings is 1. The third-order valence-corrected chi connectivity index (χ3v) is 5.57. The van der Waals surface area contributed by atoms with E-state index in [1.54, 1.807) is 18.2 Å². The number of halogens is 2. The standard InChI is InChI=1S/C21H26Cl2N4O/c1-3-26-10-12-27(13-11-26)18-7-5-17(6-8-18)24-15(2)21(28)25-20-9-4-16(22)14-19(20)23/h4-9,14-15,24H,3,10-13H2,1-2H3,(H,25,28)/t15-/m0/s1. The molecule has 3 rings (SSSR count). The molecule has 2 N–H and O–H groups in total. The molecule has 28 heavy (non-hydrogen) atoms. The first-order valence-corrected chi connectivity index (χ1v) is 10.3. The van der Waals surface area contributed by atoms with Gasteiger partial charge in [0, 0.05) is 42.6 Å². The van der Waals surface area contributed by atoms with Gasteiger partial charge in [0.15, 0.2) is 0 Å². The molecule has 1 heterocycles. The minimum absolute atomic E-state index is 0.163. The summed E-state index contributed by atoms with van der Waals surface area (Å²) in [6.07, 6.45) is 0. The van der Waals surface area contributed by atoms with Crippen LogP contribution in [-0.2, 0) is 4.79 Å². The molecular formula is C21H26Cl2N4O. The Hall–Kier alpha value is -1.95. The summed E-state index contributed by atoms with van der Waals surface area (Å²) in [6.45, 7) is 9.41. The van der Waals surface area contributed by atoms with Crippen molar-refractivity contribution < 1.29 is 4.79 Å². The summed E-state index contributed by atoms with van der Waals surface area (Å²) in [5.41, 5.74) is 2.67. The van der Waals surface area contributed by atoms with Gasteiger partial charge in [-0.15, -0.1) is 0 Å². The zero-order valence-electron chi connectivity index (χ0n) is 16.2. The summed E-state index contributed by atoms with van der Waals surface area (Å²) in [7, 11) is 0. The maximum atomic E-state index is 12.4. The number of carbonyl (C=O) groups is 1. The number of rotatable bonds is 6. The molecule has 1 aliphatic heterocycles. The Kier molecular flexibility index (Phi) is 7.05. The molecule has 0 spiro atoms. The Morgan fingerprint density at radius 1 is 1.07 bits per heavy atom. The van der Waals surface area contributed by atoms with Crippen molar-refractivity contribution in [2.75, 3.05) is 48.3 Å². The van der Waals surface area contributed by atoms with Crippen molar-refractivity contribution in [3.63, 3.8) is 0 Å². The summed E-state index contributed by atoms with van der Waals surface area (Å²) < 4.78 is 0. The summed E-state index contributed by atoms with van der Waals surface area (Å²) in [6, 6.07) is 12.8. The third kappa shape index (κ3) is 5.31. The van der Waals surface area contributed by atoms with Crippen LogP contribution in [0, 0.1) is 0 Å². The van der Waals surface area contributed by atoms with Crippen LogP contribution in [-0.4, -0.2) is 49.6 Å². The van der Waals surface area contributed by atoms with Crippen molar-refractivity contribution in [1.29, 1.82) is 0 Å². The topological polar surface area (TPSA) is 47.6 Å². The molecule has 1 amide bonds. The van der Waals surface area contributed by atoms with Gasteiger partial charge in [0.2, 0.25) is 5.91 Å². The number of hydrogen-bond acceptors (Lipinski definition) is 4. The van der Waals surface area contributed by atoms with Gasteiger partial charge in [-0.05, 0) is 55.9 Å². The number of benzene rings is 2. The van der Waals surface area contributed by atoms with Gasteiger partial charge in [0.1, 0.15) is 6.04 Å². The van der Waals surface area contributed by atoms with Crippen molar-refractivity contribution in [2.24, 2.45) is 0 Å². The molecule has 0 unspecified atom stereocenters. The van der Waals surface area contributed by atoms with Crippen LogP contribution in [0.5, 0.6) is 0 Å². The van der Waals surface area contributed by atoms with E-state index >= 15 is 0 Å². The first-order chi connectivity index (χ1) is 13.5. The van der Waals surface area contributed by atoms with E-state index in [0.717, 1.165) is 38.4 Å². The van der Waals surface area contributed by atoms with Gasteiger partial charge >= 0.3 is 0 Å². The maximum absolute atomic E-state index is 12.4. The Morgan fingerprint density at radius 3 is 2.36 bits per heavy atom. The van der Waals surface area contributed by atoms with Gasteiger partial charge in [-0.3, -0.25) is 4.79 Å². The van der Waals surface area contributed by atoms with Gasteiger partial charge in [-0.25, -0.2) is 0 Å². The molecule has 150 valence electrons. The second-order valence-electron chi connectivity index (χ2n) is 6.95. The van der Waals surface area contributed by atoms with Crippen LogP contribution >= 0.6 is 23.2 Å². The quantitative estimate of drug-likeness (QED) is 0.717. The average Bonchev–Trinajstić information content (AvgIpc) is 2.70. The fourth-order valence-corrected chi connectivity index (χ4v) is 3.69. The molecule has 1 atom stereocenters. The van der Waals surface area contributed by atoms with Crippen LogP contribution in [0.2, 0.25) is 10.0 Å². The summed E-state index contributed by atoms with van der Waals surface area (Å²) in [5, 5.41) is 7.01. The average molecular weight is 421 g/mol. The fraction of sp³-hybridized carbons (Fsp3) is 0.381. The molecule has 7 heteroatoms. The number of nitrogens with zero attached hydrogens (tertiary/aromatic N) is 2. The van der Waals surface area contributed by atoms with Crippen LogP contribution < -0.4 is 15.5 Å². The first-order valence-electron chi connectivity index (χ1n) is 9.56. The molecular weight excluding hydrogens is 395 g/mol. The Labute approximate surface area is 176 Å². The van der Waals surface area contributed by atoms with E-state index in [4.69, 9.17) is 23.2 Å². The fourth-order valence-electron chi connectivity index (χ4n) is 3.24. The van der Waals surface area contributed by atoms with Crippen LogP contribution in [0.3, 0.4) is 0 Å². The van der Waals surface area contributed by atoms with Gasteiger partial charge in [-0.1, -0.05) is 30.1 Å². The first kappa shape index (κ1) is 20.8. The van der Waals surface area contributed by atoms with Gasteiger partial charge in [-0.2, -0.15) is 0 Å². The summed E-state index contributed by atoms with van der Waals surface area (Å²) >= 11 is 12.0. The van der Waals surface area contributed by atoms with Crippen molar-refractivity contribution in [3.8, 4) is 0 Å². The SMILES string of the molecule is CCN1CCN(c2ccc(N[C@@H](C)C(=O)Nc3ccc(Cl)cc3Cl)cc2)CC1. The highest BCUT2D eigenvalue weighted by molar-refractivity contribution is 6.36. The van der Waals surface area contributed by atoms with Gasteiger partial charge < -0.3 is 20.4 Å². The van der Waals surface area contributed by atoms with E-state index < -0.39 is 6.04 Å². The highest BCUT2D eigenvalue weighted by Crippen LogP contribution is 2.26. The zero-order valence-corrected chi connectivity index (χ0v) is 17.7. The van der Waals surface area contributed by atoms with Crippen LogP contribution in [0.15, 0.2) is 42.5 Å². The Bertz CT molecular complexity index is 805.